The van der Waals surface area contributed by atoms with Crippen LogP contribution in [0.2, 0.25) is 0 Å². The van der Waals surface area contributed by atoms with Gasteiger partial charge in [-0.05, 0) is 73.5 Å². The molecule has 2 N–H and O–H groups in total. The van der Waals surface area contributed by atoms with Gasteiger partial charge in [0.2, 0.25) is 0 Å². The molecule has 1 heterocycles. The van der Waals surface area contributed by atoms with Crippen LogP contribution in [-0.2, 0) is 9.53 Å². The van der Waals surface area contributed by atoms with E-state index in [0.717, 1.165) is 11.1 Å². The minimum Gasteiger partial charge on any atom is -0.464 e. The minimum absolute atomic E-state index is 0.228. The van der Waals surface area contributed by atoms with Crippen LogP contribution in [0.5, 0.6) is 0 Å². The third-order valence-corrected chi connectivity index (χ3v) is 5.69. The van der Waals surface area contributed by atoms with Crippen LogP contribution in [-0.4, -0.2) is 37.5 Å². The average Bonchev–Trinajstić information content (AvgIpc) is 3.27. The van der Waals surface area contributed by atoms with E-state index in [1.807, 2.05) is 18.2 Å². The number of esters is 1. The van der Waals surface area contributed by atoms with Gasteiger partial charge in [-0.25, -0.2) is 9.18 Å². The molecule has 0 saturated heterocycles. The predicted octanol–water partition coefficient (Wildman–Crippen LogP) is 4.95. The van der Waals surface area contributed by atoms with Gasteiger partial charge in [-0.2, -0.15) is 0 Å². The molecule has 0 saturated carbocycles. The van der Waals surface area contributed by atoms with Gasteiger partial charge in [-0.1, -0.05) is 18.2 Å². The van der Waals surface area contributed by atoms with Crippen molar-refractivity contribution < 1.29 is 27.9 Å². The normalized spacial score (nSPS) is 11.7. The summed E-state index contributed by atoms with van der Waals surface area (Å²) < 4.78 is 24.4. The number of carbonyl (C=O) groups is 3. The van der Waals surface area contributed by atoms with Crippen LogP contribution >= 0.6 is 0 Å². The van der Waals surface area contributed by atoms with Crippen molar-refractivity contribution in [3.63, 3.8) is 0 Å². The second-order valence-electron chi connectivity index (χ2n) is 8.13. The summed E-state index contributed by atoms with van der Waals surface area (Å²) in [6.45, 7) is 3.49. The van der Waals surface area contributed by atoms with Gasteiger partial charge in [-0.15, -0.1) is 0 Å². The lowest BCUT2D eigenvalue weighted by atomic mass is 9.99. The number of hydrogen-bond acceptors (Lipinski definition) is 5. The quantitative estimate of drug-likeness (QED) is 0.359. The lowest BCUT2D eigenvalue weighted by Crippen LogP contribution is -2.39. The summed E-state index contributed by atoms with van der Waals surface area (Å²) in [5.74, 6) is -1.31. The molecule has 1 unspecified atom stereocenters. The smallest absolute Gasteiger partial charge is 0.328 e. The third-order valence-electron chi connectivity index (χ3n) is 5.69. The number of fused-ring (bicyclic) bond motifs is 1. The fourth-order valence-corrected chi connectivity index (χ4v) is 3.88. The Kier molecular flexibility index (Phi) is 7.15. The highest BCUT2D eigenvalue weighted by molar-refractivity contribution is 6.12. The standard InChI is InChI=1S/C28H25FN2O5/c1-4-35-28(34)16(2)31-26(32)20-7-5-6-18(14-20)19-10-13-23-22(15-19)24(27(33)30-3)25(36-23)17-8-11-21(29)12-9-17/h5-16H,4H2,1-3H3,(H,30,33)(H,31,32). The summed E-state index contributed by atoms with van der Waals surface area (Å²) in [6.07, 6.45) is 0. The molecule has 184 valence electrons. The lowest BCUT2D eigenvalue weighted by Gasteiger charge is -2.13. The number of benzene rings is 3. The first kappa shape index (κ1) is 24.7. The summed E-state index contributed by atoms with van der Waals surface area (Å²) in [6, 6.07) is 17.3. The summed E-state index contributed by atoms with van der Waals surface area (Å²) in [5.41, 5.74) is 3.26. The van der Waals surface area contributed by atoms with E-state index in [9.17, 15) is 18.8 Å². The highest BCUT2D eigenvalue weighted by atomic mass is 19.1. The Morgan fingerprint density at radius 1 is 0.944 bits per heavy atom. The van der Waals surface area contributed by atoms with Gasteiger partial charge >= 0.3 is 5.97 Å². The Bertz CT molecular complexity index is 1440. The van der Waals surface area contributed by atoms with E-state index in [-0.39, 0.29) is 18.3 Å². The number of ether oxygens (including phenoxy) is 1. The first-order valence-corrected chi connectivity index (χ1v) is 11.4. The number of carbonyl (C=O) groups excluding carboxylic acids is 3. The van der Waals surface area contributed by atoms with E-state index in [1.54, 1.807) is 50.2 Å². The molecule has 4 rings (SSSR count). The average molecular weight is 489 g/mol. The number of furan rings is 1. The van der Waals surface area contributed by atoms with Gasteiger partial charge in [-0.3, -0.25) is 9.59 Å². The Morgan fingerprint density at radius 2 is 1.64 bits per heavy atom. The number of hydrogen-bond donors (Lipinski definition) is 2. The van der Waals surface area contributed by atoms with Crippen LogP contribution in [0.4, 0.5) is 4.39 Å². The van der Waals surface area contributed by atoms with Gasteiger partial charge in [0.1, 0.15) is 23.2 Å². The molecule has 1 atom stereocenters. The fourth-order valence-electron chi connectivity index (χ4n) is 3.88. The second kappa shape index (κ2) is 10.4. The Balaban J connectivity index is 1.72. The van der Waals surface area contributed by atoms with E-state index >= 15 is 0 Å². The van der Waals surface area contributed by atoms with Crippen LogP contribution in [0.1, 0.15) is 34.6 Å². The van der Waals surface area contributed by atoms with Crippen molar-refractivity contribution in [3.8, 4) is 22.5 Å². The van der Waals surface area contributed by atoms with E-state index in [4.69, 9.17) is 9.15 Å². The molecule has 0 spiro atoms. The third kappa shape index (κ3) is 4.98. The van der Waals surface area contributed by atoms with E-state index in [0.29, 0.717) is 33.4 Å². The molecule has 0 aliphatic carbocycles. The van der Waals surface area contributed by atoms with Crippen molar-refractivity contribution in [2.75, 3.05) is 13.7 Å². The van der Waals surface area contributed by atoms with Crippen LogP contribution in [0.25, 0.3) is 33.4 Å². The van der Waals surface area contributed by atoms with Crippen molar-refractivity contribution in [3.05, 3.63) is 83.7 Å². The summed E-state index contributed by atoms with van der Waals surface area (Å²) in [5, 5.41) is 5.86. The Labute approximate surface area is 207 Å². The highest BCUT2D eigenvalue weighted by Crippen LogP contribution is 2.36. The maximum Gasteiger partial charge on any atom is 0.328 e. The molecule has 1 aromatic heterocycles. The van der Waals surface area contributed by atoms with Gasteiger partial charge in [0.15, 0.2) is 0 Å². The summed E-state index contributed by atoms with van der Waals surface area (Å²) >= 11 is 0. The van der Waals surface area contributed by atoms with Gasteiger partial charge < -0.3 is 19.8 Å². The van der Waals surface area contributed by atoms with Crippen LogP contribution in [0, 0.1) is 5.82 Å². The molecule has 7 nitrogen and oxygen atoms in total. The minimum atomic E-state index is -0.789. The molecule has 36 heavy (non-hydrogen) atoms. The van der Waals surface area contributed by atoms with Crippen LogP contribution in [0.15, 0.2) is 71.1 Å². The lowest BCUT2D eigenvalue weighted by molar-refractivity contribution is -0.144. The Morgan fingerprint density at radius 3 is 2.33 bits per heavy atom. The summed E-state index contributed by atoms with van der Waals surface area (Å²) in [7, 11) is 1.53. The topological polar surface area (TPSA) is 97.6 Å². The molecule has 3 aromatic carbocycles. The molecular formula is C28H25FN2O5. The molecule has 8 heteroatoms. The number of rotatable bonds is 7. The first-order valence-electron chi connectivity index (χ1n) is 11.4. The van der Waals surface area contributed by atoms with Gasteiger partial charge in [0, 0.05) is 23.6 Å². The molecule has 0 bridgehead atoms. The van der Waals surface area contributed by atoms with Crippen molar-refractivity contribution in [2.45, 2.75) is 19.9 Å². The van der Waals surface area contributed by atoms with E-state index in [2.05, 4.69) is 10.6 Å². The van der Waals surface area contributed by atoms with Crippen molar-refractivity contribution in [1.29, 1.82) is 0 Å². The van der Waals surface area contributed by atoms with E-state index in [1.165, 1.54) is 19.2 Å². The molecule has 4 aromatic rings. The van der Waals surface area contributed by atoms with Gasteiger partial charge in [0.25, 0.3) is 11.8 Å². The molecule has 0 fully saturated rings. The second-order valence-corrected chi connectivity index (χ2v) is 8.13. The SMILES string of the molecule is CCOC(=O)C(C)NC(=O)c1cccc(-c2ccc3oc(-c4ccc(F)cc4)c(C(=O)NC)c3c2)c1. The zero-order valence-electron chi connectivity index (χ0n) is 20.1. The molecular weight excluding hydrogens is 463 g/mol. The highest BCUT2D eigenvalue weighted by Gasteiger charge is 2.22. The first-order chi connectivity index (χ1) is 17.3. The van der Waals surface area contributed by atoms with Crippen LogP contribution < -0.4 is 10.6 Å². The van der Waals surface area contributed by atoms with Crippen molar-refractivity contribution in [2.24, 2.45) is 0 Å². The predicted molar refractivity (Wildman–Crippen MR) is 134 cm³/mol. The summed E-state index contributed by atoms with van der Waals surface area (Å²) in [4.78, 5) is 37.4. The zero-order valence-corrected chi connectivity index (χ0v) is 20.1. The zero-order chi connectivity index (χ0) is 25.8. The number of amides is 2. The van der Waals surface area contributed by atoms with Crippen LogP contribution in [0.3, 0.4) is 0 Å². The van der Waals surface area contributed by atoms with E-state index < -0.39 is 17.9 Å². The molecule has 0 radical (unpaired) electrons. The molecule has 0 aliphatic rings. The molecule has 2 amide bonds. The largest absolute Gasteiger partial charge is 0.464 e. The monoisotopic (exact) mass is 488 g/mol. The molecule has 0 aliphatic heterocycles. The van der Waals surface area contributed by atoms with Crippen molar-refractivity contribution in [1.82, 2.24) is 10.6 Å². The number of halogens is 1. The maximum absolute atomic E-state index is 13.4. The van der Waals surface area contributed by atoms with Crippen molar-refractivity contribution >= 4 is 28.8 Å². The van der Waals surface area contributed by atoms with Gasteiger partial charge in [0.05, 0.1) is 12.2 Å². The number of nitrogens with one attached hydrogen (secondary N) is 2. The fraction of sp³-hybridized carbons (Fsp3) is 0.179. The Hall–Kier alpha value is -4.46. The maximum atomic E-state index is 13.4.